The van der Waals surface area contributed by atoms with Crippen molar-refractivity contribution in [1.29, 1.82) is 0 Å². The van der Waals surface area contributed by atoms with Crippen molar-refractivity contribution < 1.29 is 0 Å². The molecule has 3 rings (SSSR count). The fourth-order valence-electron chi connectivity index (χ4n) is 1.90. The van der Waals surface area contributed by atoms with E-state index >= 15 is 0 Å². The van der Waals surface area contributed by atoms with Crippen LogP contribution >= 0.6 is 0 Å². The van der Waals surface area contributed by atoms with Gasteiger partial charge in [0, 0.05) is 12.7 Å². The quantitative estimate of drug-likeness (QED) is 0.758. The number of benzene rings is 1. The molecular weight excluding hydrogens is 240 g/mol. The van der Waals surface area contributed by atoms with Crippen LogP contribution < -0.4 is 5.32 Å². The second-order valence-electron chi connectivity index (χ2n) is 4.53. The zero-order chi connectivity index (χ0) is 13.4. The van der Waals surface area contributed by atoms with Gasteiger partial charge in [-0.15, -0.1) is 5.10 Å². The summed E-state index contributed by atoms with van der Waals surface area (Å²) in [6.45, 7) is 4.17. The zero-order valence-electron chi connectivity index (χ0n) is 11.0. The molecule has 0 aliphatic carbocycles. The average molecular weight is 254 g/mol. The Morgan fingerprint density at radius 1 is 1.11 bits per heavy atom. The molecule has 0 aliphatic rings. The molecule has 0 saturated heterocycles. The van der Waals surface area contributed by atoms with Gasteiger partial charge in [-0.1, -0.05) is 11.3 Å². The maximum atomic E-state index is 4.23. The monoisotopic (exact) mass is 254 g/mol. The normalized spacial score (nSPS) is 10.9. The number of rotatable bonds is 2. The third-order valence-electron chi connectivity index (χ3n) is 3.16. The maximum Gasteiger partial charge on any atom is 0.183 e. The van der Waals surface area contributed by atoms with Gasteiger partial charge >= 0.3 is 0 Å². The molecule has 0 aliphatic heterocycles. The van der Waals surface area contributed by atoms with Crippen LogP contribution in [0.3, 0.4) is 0 Å². The molecular formula is C13H14N6. The summed E-state index contributed by atoms with van der Waals surface area (Å²) in [4.78, 5) is 8.39. The largest absolute Gasteiger partial charge is 0.338 e. The van der Waals surface area contributed by atoms with Crippen molar-refractivity contribution in [1.82, 2.24) is 25.0 Å². The van der Waals surface area contributed by atoms with E-state index in [0.717, 1.165) is 5.69 Å². The van der Waals surface area contributed by atoms with Crippen molar-refractivity contribution in [2.24, 2.45) is 7.05 Å². The smallest absolute Gasteiger partial charge is 0.183 e. The lowest BCUT2D eigenvalue weighted by Crippen LogP contribution is -1.97. The highest BCUT2D eigenvalue weighted by Gasteiger charge is 2.09. The number of aromatic nitrogens is 5. The molecule has 0 fully saturated rings. The van der Waals surface area contributed by atoms with Gasteiger partial charge in [-0.3, -0.25) is 0 Å². The minimum Gasteiger partial charge on any atom is -0.338 e. The van der Waals surface area contributed by atoms with Crippen molar-refractivity contribution in [3.63, 3.8) is 0 Å². The van der Waals surface area contributed by atoms with Crippen LogP contribution in [0.2, 0.25) is 0 Å². The summed E-state index contributed by atoms with van der Waals surface area (Å²) in [6, 6.07) is 6.18. The van der Waals surface area contributed by atoms with Gasteiger partial charge in [0.15, 0.2) is 17.0 Å². The molecule has 2 aromatic heterocycles. The lowest BCUT2D eigenvalue weighted by Gasteiger charge is -2.07. The highest BCUT2D eigenvalue weighted by atomic mass is 15.4. The summed E-state index contributed by atoms with van der Waals surface area (Å²) in [7, 11) is 1.81. The number of nitrogens with one attached hydrogen (secondary N) is 1. The van der Waals surface area contributed by atoms with Gasteiger partial charge in [0.2, 0.25) is 0 Å². The van der Waals surface area contributed by atoms with E-state index in [1.807, 2.05) is 13.1 Å². The molecule has 1 N–H and O–H groups in total. The summed E-state index contributed by atoms with van der Waals surface area (Å²) < 4.78 is 1.63. The second kappa shape index (κ2) is 4.31. The first-order chi connectivity index (χ1) is 9.15. The molecule has 2 heterocycles. The molecule has 0 radical (unpaired) electrons. The van der Waals surface area contributed by atoms with Crippen LogP contribution in [0.1, 0.15) is 11.1 Å². The second-order valence-corrected chi connectivity index (χ2v) is 4.53. The summed E-state index contributed by atoms with van der Waals surface area (Å²) in [5, 5.41) is 11.3. The first-order valence-electron chi connectivity index (χ1n) is 6.00. The predicted octanol–water partition coefficient (Wildman–Crippen LogP) is 2.12. The van der Waals surface area contributed by atoms with Gasteiger partial charge < -0.3 is 5.32 Å². The molecule has 0 bridgehead atoms. The first kappa shape index (κ1) is 11.6. The molecule has 0 atom stereocenters. The summed E-state index contributed by atoms with van der Waals surface area (Å²) >= 11 is 0. The van der Waals surface area contributed by atoms with E-state index in [9.17, 15) is 0 Å². The van der Waals surface area contributed by atoms with Crippen LogP contribution in [0.25, 0.3) is 11.2 Å². The topological polar surface area (TPSA) is 68.5 Å². The van der Waals surface area contributed by atoms with Gasteiger partial charge in [0.25, 0.3) is 0 Å². The van der Waals surface area contributed by atoms with Gasteiger partial charge in [-0.05, 0) is 37.1 Å². The van der Waals surface area contributed by atoms with Gasteiger partial charge in [0.05, 0.1) is 0 Å². The fourth-order valence-corrected chi connectivity index (χ4v) is 1.90. The van der Waals surface area contributed by atoms with Gasteiger partial charge in [-0.2, -0.15) is 0 Å². The van der Waals surface area contributed by atoms with E-state index in [4.69, 9.17) is 0 Å². The Morgan fingerprint density at radius 2 is 1.95 bits per heavy atom. The molecule has 6 heteroatoms. The molecule has 6 nitrogen and oxygen atoms in total. The van der Waals surface area contributed by atoms with E-state index in [2.05, 4.69) is 51.6 Å². The number of hydrogen-bond donors (Lipinski definition) is 1. The molecule has 96 valence electrons. The molecule has 0 spiro atoms. The standard InChI is InChI=1S/C13H14N6/c1-8-4-5-10(6-9(8)2)16-12-11-13(15-7-14-12)19(3)18-17-11/h4-7H,1-3H3,(H,14,15,16). The minimum atomic E-state index is 0.668. The number of aryl methyl sites for hydroxylation is 3. The third kappa shape index (κ3) is 2.01. The number of fused-ring (bicyclic) bond motifs is 1. The summed E-state index contributed by atoms with van der Waals surface area (Å²) in [6.07, 6.45) is 1.51. The van der Waals surface area contributed by atoms with Gasteiger partial charge in [-0.25, -0.2) is 14.6 Å². The molecule has 1 aromatic carbocycles. The highest BCUT2D eigenvalue weighted by Crippen LogP contribution is 2.22. The minimum absolute atomic E-state index is 0.668. The van der Waals surface area contributed by atoms with Crippen molar-refractivity contribution in [3.8, 4) is 0 Å². The van der Waals surface area contributed by atoms with E-state index in [1.165, 1.54) is 17.5 Å². The van der Waals surface area contributed by atoms with E-state index in [-0.39, 0.29) is 0 Å². The predicted molar refractivity (Wildman–Crippen MR) is 73.3 cm³/mol. The average Bonchev–Trinajstić information content (AvgIpc) is 2.77. The Balaban J connectivity index is 2.03. The molecule has 0 amide bonds. The van der Waals surface area contributed by atoms with Crippen molar-refractivity contribution in [3.05, 3.63) is 35.7 Å². The SMILES string of the molecule is Cc1ccc(Nc2ncnc3c2nnn3C)cc1C. The number of hydrogen-bond acceptors (Lipinski definition) is 5. The molecule has 0 unspecified atom stereocenters. The van der Waals surface area contributed by atoms with Crippen molar-refractivity contribution in [2.45, 2.75) is 13.8 Å². The zero-order valence-corrected chi connectivity index (χ0v) is 11.0. The lowest BCUT2D eigenvalue weighted by molar-refractivity contribution is 0.729. The Hall–Kier alpha value is -2.50. The Kier molecular flexibility index (Phi) is 2.63. The van der Waals surface area contributed by atoms with Crippen LogP contribution in [0.15, 0.2) is 24.5 Å². The fraction of sp³-hybridized carbons (Fsp3) is 0.231. The number of nitrogens with zero attached hydrogens (tertiary/aromatic N) is 5. The molecule has 0 saturated carbocycles. The van der Waals surface area contributed by atoms with Crippen molar-refractivity contribution in [2.75, 3.05) is 5.32 Å². The molecule has 19 heavy (non-hydrogen) atoms. The highest BCUT2D eigenvalue weighted by molar-refractivity contribution is 5.84. The maximum absolute atomic E-state index is 4.23. The Morgan fingerprint density at radius 3 is 2.74 bits per heavy atom. The van der Waals surface area contributed by atoms with Crippen LogP contribution in [-0.2, 0) is 7.05 Å². The summed E-state index contributed by atoms with van der Waals surface area (Å²) in [5.41, 5.74) is 4.85. The van der Waals surface area contributed by atoms with E-state index < -0.39 is 0 Å². The third-order valence-corrected chi connectivity index (χ3v) is 3.16. The molecule has 3 aromatic rings. The Labute approximate surface area is 110 Å². The van der Waals surface area contributed by atoms with Crippen molar-refractivity contribution >= 4 is 22.7 Å². The Bertz CT molecular complexity index is 746. The van der Waals surface area contributed by atoms with E-state index in [1.54, 1.807) is 4.68 Å². The number of anilines is 2. The summed E-state index contributed by atoms with van der Waals surface area (Å²) in [5.74, 6) is 0.668. The van der Waals surface area contributed by atoms with Crippen LogP contribution in [-0.4, -0.2) is 25.0 Å². The lowest BCUT2D eigenvalue weighted by atomic mass is 10.1. The van der Waals surface area contributed by atoms with Crippen LogP contribution in [0, 0.1) is 13.8 Å². The first-order valence-corrected chi connectivity index (χ1v) is 6.00. The van der Waals surface area contributed by atoms with Crippen LogP contribution in [0.5, 0.6) is 0 Å². The van der Waals surface area contributed by atoms with Gasteiger partial charge in [0.1, 0.15) is 6.33 Å². The van der Waals surface area contributed by atoms with Crippen LogP contribution in [0.4, 0.5) is 11.5 Å². The van der Waals surface area contributed by atoms with E-state index in [0.29, 0.717) is 17.0 Å².